The van der Waals surface area contributed by atoms with E-state index in [4.69, 9.17) is 46.7 Å². The smallest absolute Gasteiger partial charge is 0.269 e. The lowest BCUT2D eigenvalue weighted by Crippen LogP contribution is -2.33. The molecule has 3 heterocycles. The number of hydrogen-bond acceptors (Lipinski definition) is 2. The molecule has 0 bridgehead atoms. The first-order valence-corrected chi connectivity index (χ1v) is 27.1. The number of hydrogen-bond donors (Lipinski definition) is 0. The first kappa shape index (κ1) is 27.4. The van der Waals surface area contributed by atoms with Gasteiger partial charge in [0.15, 0.2) is 0 Å². The number of nitrogens with zero attached hydrogens (tertiary/aromatic N) is 4. The average molecular weight is 1110 g/mol. The van der Waals surface area contributed by atoms with Crippen LogP contribution in [-0.4, -0.2) is 14.1 Å². The summed E-state index contributed by atoms with van der Waals surface area (Å²) < 4.78 is 313. The second kappa shape index (κ2) is 18.0. The Morgan fingerprint density at radius 2 is 1.12 bits per heavy atom. The summed E-state index contributed by atoms with van der Waals surface area (Å²) in [5.41, 5.74) is -18.0. The SMILES string of the molecule is [2H]c1c([2H])c2c(c([2H])c1-c1cccc(-c3c([2H])c([2H])c4c(c3[2H])C(C([2H])([2H])[2H])(C([2H])([2H])[2H])CC4(C([2H])([2H])[2H])C([2H])([2H])[2H])c1-[n+]1[c-]n(-c3cccc(Oc4ccc5c6ccccc6n(-c6cc(C([2H])([2H])[2H])c(-c7ccc8c(c7)C(C)(C)CCC8(C)C)cn6)c5c4)c3)c3ccccc31)C(C([2H])([2H])[2H])(C([2H])([2H])[2H])CC2(C([2H])([2H])[2H])C([2H])([2H])[2H]. The Kier molecular flexibility index (Phi) is 6.00. The Bertz CT molecular complexity index is 5650. The molecular weight excluding hydrogens is 997 g/mol. The summed E-state index contributed by atoms with van der Waals surface area (Å²) in [5.74, 6) is 0.737. The van der Waals surface area contributed by atoms with E-state index < -0.39 is 183 Å². The number of pyridine rings is 1. The largest absolute Gasteiger partial charge is 0.458 e. The van der Waals surface area contributed by atoms with Gasteiger partial charge in [0, 0.05) is 65.6 Å². The third-order valence-electron chi connectivity index (χ3n) is 17.0. The highest BCUT2D eigenvalue weighted by molar-refractivity contribution is 6.09. The molecule has 0 amide bonds. The van der Waals surface area contributed by atoms with E-state index in [1.54, 1.807) is 60.8 Å². The summed E-state index contributed by atoms with van der Waals surface area (Å²) in [6.45, 7) is -25.2. The van der Waals surface area contributed by atoms with E-state index in [1.165, 1.54) is 26.8 Å². The van der Waals surface area contributed by atoms with Gasteiger partial charge in [0.1, 0.15) is 17.3 Å². The molecule has 0 saturated heterocycles. The summed E-state index contributed by atoms with van der Waals surface area (Å²) in [6, 6.07) is 28.8. The lowest BCUT2D eigenvalue weighted by Gasteiger charge is -2.42. The van der Waals surface area contributed by atoms with E-state index >= 15 is 0 Å². The topological polar surface area (TPSA) is 35.9 Å². The maximum Gasteiger partial charge on any atom is 0.269 e. The van der Waals surface area contributed by atoms with Crippen LogP contribution in [0.25, 0.3) is 83.4 Å². The van der Waals surface area contributed by atoms with Crippen LogP contribution in [0, 0.1) is 13.2 Å². The summed E-state index contributed by atoms with van der Waals surface area (Å²) in [6.07, 6.45) is 3.20. The van der Waals surface area contributed by atoms with Crippen molar-refractivity contribution in [2.75, 3.05) is 0 Å². The van der Waals surface area contributed by atoms with Crippen molar-refractivity contribution in [1.82, 2.24) is 14.1 Å². The molecule has 0 N–H and O–H groups in total. The minimum absolute atomic E-state index is 0.0432. The molecule has 82 heavy (non-hydrogen) atoms. The number of rotatable bonds is 8. The van der Waals surface area contributed by atoms with Crippen molar-refractivity contribution in [3.05, 3.63) is 221 Å². The van der Waals surface area contributed by atoms with Gasteiger partial charge in [-0.3, -0.25) is 13.7 Å². The van der Waals surface area contributed by atoms with E-state index in [0.717, 1.165) is 47.4 Å². The number of aryl methyl sites for hydroxylation is 1. The second-order valence-electron chi connectivity index (χ2n) is 23.7. The number of imidazole rings is 1. The van der Waals surface area contributed by atoms with Crippen LogP contribution in [0.4, 0.5) is 0 Å². The molecule has 3 aliphatic carbocycles. The lowest BCUT2D eigenvalue weighted by atomic mass is 9.63. The fourth-order valence-corrected chi connectivity index (χ4v) is 12.8. The Morgan fingerprint density at radius 3 is 1.80 bits per heavy atom. The van der Waals surface area contributed by atoms with Gasteiger partial charge < -0.3 is 4.74 Å². The van der Waals surface area contributed by atoms with Crippen LogP contribution in [0.15, 0.2) is 176 Å². The van der Waals surface area contributed by atoms with Crippen molar-refractivity contribution < 1.29 is 54.5 Å². The maximum absolute atomic E-state index is 10.3. The highest BCUT2D eigenvalue weighted by Gasteiger charge is 2.44. The van der Waals surface area contributed by atoms with Crippen LogP contribution < -0.4 is 9.30 Å². The van der Waals surface area contributed by atoms with Crippen LogP contribution in [0.2, 0.25) is 0 Å². The van der Waals surface area contributed by atoms with E-state index in [9.17, 15) is 8.22 Å². The van der Waals surface area contributed by atoms with Crippen LogP contribution in [0.3, 0.4) is 0 Å². The first-order chi connectivity index (χ1) is 52.7. The Morgan fingerprint density at radius 1 is 0.512 bits per heavy atom. The minimum Gasteiger partial charge on any atom is -0.458 e. The fourth-order valence-electron chi connectivity index (χ4n) is 12.8. The number of benzene rings is 8. The quantitative estimate of drug-likeness (QED) is 0.112. The maximum atomic E-state index is 10.3. The van der Waals surface area contributed by atoms with Gasteiger partial charge in [-0.15, -0.1) is 0 Å². The number of fused-ring (bicyclic) bond motifs is 7. The Balaban J connectivity index is 1.01. The van der Waals surface area contributed by atoms with Crippen LogP contribution in [0.5, 0.6) is 11.5 Å². The van der Waals surface area contributed by atoms with Gasteiger partial charge in [-0.1, -0.05) is 204 Å². The highest BCUT2D eigenvalue weighted by atomic mass is 16.5. The molecule has 0 spiro atoms. The van der Waals surface area contributed by atoms with E-state index in [0.29, 0.717) is 28.0 Å². The predicted molar refractivity (Wildman–Crippen MR) is 340 cm³/mol. The van der Waals surface area contributed by atoms with Gasteiger partial charge in [-0.2, -0.15) is 0 Å². The van der Waals surface area contributed by atoms with Gasteiger partial charge >= 0.3 is 0 Å². The Labute approximate surface area is 531 Å². The molecule has 0 saturated carbocycles. The molecule has 3 aliphatic rings. The zero-order valence-corrected chi connectivity index (χ0v) is 45.3. The molecule has 5 heteroatoms. The van der Waals surface area contributed by atoms with Crippen LogP contribution in [-0.2, 0) is 32.5 Å². The standard InChI is InChI=1S/C77H76N4O/c1-48-38-70(78-44-59(48)51-30-33-60-63(41-51)73(4,5)37-36-72(60,2)3)81-66-25-15-14-22-57(66)58-32-31-54(43-69(58)81)82-53-21-18-20-52(42-53)79-47-80(68-27-17-16-26-67(68)79)71-55(49-28-34-61-64(39-49)76(10,11)45-74(61,6)7)23-19-24-56(71)50-29-35-62-65(40-50)77(12,13)46-75(62,8)9/h14-35,38-44H,36-37,45-46H2,1-13H3/i1D3,6D3,7D3,8D3,9D3,10D3,11D3,12D3,13D3,28D,29D,34D,35D,39D,40D. The molecule has 14 rings (SSSR count). The minimum atomic E-state index is -3.96. The van der Waals surface area contributed by atoms with E-state index in [1.807, 2.05) is 41.0 Å². The van der Waals surface area contributed by atoms with Crippen LogP contribution in [0.1, 0.15) is 192 Å². The van der Waals surface area contributed by atoms with Crippen molar-refractivity contribution in [3.8, 4) is 62.1 Å². The first-order valence-electron chi connectivity index (χ1n) is 43.6. The third-order valence-corrected chi connectivity index (χ3v) is 17.0. The predicted octanol–water partition coefficient (Wildman–Crippen LogP) is 19.6. The average Bonchev–Trinajstić information content (AvgIpc) is 1.50. The number of ether oxygens (including phenoxy) is 1. The zero-order chi connectivity index (χ0) is 84.8. The molecule has 0 unspecified atom stereocenters. The monoisotopic (exact) mass is 1110 g/mol. The zero-order valence-electron chi connectivity index (χ0n) is 78.3. The summed E-state index contributed by atoms with van der Waals surface area (Å²) in [4.78, 5) is 5.00. The van der Waals surface area contributed by atoms with Crippen molar-refractivity contribution in [2.24, 2.45) is 0 Å². The summed E-state index contributed by atoms with van der Waals surface area (Å²) >= 11 is 0. The third kappa shape index (κ3) is 8.22. The summed E-state index contributed by atoms with van der Waals surface area (Å²) in [5, 5.41) is 1.55. The van der Waals surface area contributed by atoms with Crippen molar-refractivity contribution >= 4 is 32.8 Å². The van der Waals surface area contributed by atoms with Gasteiger partial charge in [-0.25, -0.2) is 4.98 Å². The molecule has 8 aromatic carbocycles. The molecule has 0 fully saturated rings. The molecule has 0 aliphatic heterocycles. The Hall–Kier alpha value is -8.02. The number of aromatic nitrogens is 4. The van der Waals surface area contributed by atoms with Gasteiger partial charge in [0.05, 0.1) is 41.7 Å². The molecule has 3 aromatic heterocycles. The van der Waals surface area contributed by atoms with E-state index in [2.05, 4.69) is 46.2 Å². The normalized spacial score (nSPS) is 25.0. The van der Waals surface area contributed by atoms with Crippen molar-refractivity contribution in [3.63, 3.8) is 0 Å². The second-order valence-corrected chi connectivity index (χ2v) is 23.7. The van der Waals surface area contributed by atoms with E-state index in [-0.39, 0.29) is 44.6 Å². The highest BCUT2D eigenvalue weighted by Crippen LogP contribution is 2.53. The molecule has 5 nitrogen and oxygen atoms in total. The van der Waals surface area contributed by atoms with Gasteiger partial charge in [-0.05, 0) is 174 Å². The molecule has 0 radical (unpaired) electrons. The van der Waals surface area contributed by atoms with Gasteiger partial charge in [0.2, 0.25) is 0 Å². The molecule has 410 valence electrons. The van der Waals surface area contributed by atoms with Gasteiger partial charge in [0.25, 0.3) is 6.33 Å². The molecule has 0 atom stereocenters. The van der Waals surface area contributed by atoms with Crippen molar-refractivity contribution in [1.29, 1.82) is 0 Å². The van der Waals surface area contributed by atoms with Crippen LogP contribution >= 0.6 is 0 Å². The lowest BCUT2D eigenvalue weighted by molar-refractivity contribution is -0.571. The summed E-state index contributed by atoms with van der Waals surface area (Å²) in [7, 11) is 0. The molecule has 11 aromatic rings. The number of para-hydroxylation sites is 4. The molecular formula is C77H76N4O. The van der Waals surface area contributed by atoms with Crippen molar-refractivity contribution in [2.45, 2.75) is 148 Å². The fraction of sp³-hybridized carbons (Fsp3) is 0.299.